The number of aromatic amines is 1. The molecule has 1 saturated carbocycles. The highest BCUT2D eigenvalue weighted by molar-refractivity contribution is 6.42. The summed E-state index contributed by atoms with van der Waals surface area (Å²) in [7, 11) is 0. The summed E-state index contributed by atoms with van der Waals surface area (Å²) in [5.41, 5.74) is 0.905. The lowest BCUT2D eigenvalue weighted by Crippen LogP contribution is -2.15. The van der Waals surface area contributed by atoms with Crippen molar-refractivity contribution in [3.8, 4) is 0 Å². The molecule has 1 aliphatic carbocycles. The zero-order valence-corrected chi connectivity index (χ0v) is 11.1. The van der Waals surface area contributed by atoms with E-state index in [1.807, 2.05) is 12.1 Å². The fraction of sp³-hybridized carbons (Fsp3) is 0.273. The number of tetrazole rings is 1. The highest BCUT2D eigenvalue weighted by Gasteiger charge is 2.45. The minimum absolute atomic E-state index is 0.0955. The van der Waals surface area contributed by atoms with Crippen molar-refractivity contribution >= 4 is 35.1 Å². The number of carbonyl (C=O) groups excluding carboxylic acids is 1. The van der Waals surface area contributed by atoms with Crippen LogP contribution in [0.1, 0.15) is 17.9 Å². The fourth-order valence-electron chi connectivity index (χ4n) is 2.05. The molecule has 1 aromatic carbocycles. The smallest absolute Gasteiger partial charge is 0.269 e. The van der Waals surface area contributed by atoms with Crippen molar-refractivity contribution in [2.45, 2.75) is 12.3 Å². The molecule has 1 amide bonds. The van der Waals surface area contributed by atoms with Gasteiger partial charge in [0, 0.05) is 5.92 Å². The van der Waals surface area contributed by atoms with Crippen molar-refractivity contribution in [2.24, 2.45) is 5.92 Å². The van der Waals surface area contributed by atoms with E-state index in [-0.39, 0.29) is 23.7 Å². The summed E-state index contributed by atoms with van der Waals surface area (Å²) in [5, 5.41) is 16.6. The summed E-state index contributed by atoms with van der Waals surface area (Å²) in [4.78, 5) is 11.9. The molecule has 3 rings (SSSR count). The van der Waals surface area contributed by atoms with Crippen molar-refractivity contribution in [3.63, 3.8) is 0 Å². The Labute approximate surface area is 118 Å². The van der Waals surface area contributed by atoms with E-state index in [4.69, 9.17) is 23.2 Å². The maximum atomic E-state index is 11.9. The standard InChI is InChI=1S/C11H9Cl2N5O/c12-8-3-1-2-5(9(8)13)6-4-7(6)10(19)14-11-15-17-18-16-11/h1-3,6-7H,4H2,(H2,14,15,16,17,18,19)/t6-,7-/m0/s1. The Morgan fingerprint density at radius 3 is 3.00 bits per heavy atom. The van der Waals surface area contributed by atoms with E-state index in [0.29, 0.717) is 10.0 Å². The van der Waals surface area contributed by atoms with Gasteiger partial charge in [-0.2, -0.15) is 5.21 Å². The lowest BCUT2D eigenvalue weighted by molar-refractivity contribution is -0.117. The lowest BCUT2D eigenvalue weighted by atomic mass is 10.1. The van der Waals surface area contributed by atoms with Crippen LogP contribution in [0.5, 0.6) is 0 Å². The zero-order valence-electron chi connectivity index (χ0n) is 9.60. The van der Waals surface area contributed by atoms with Crippen LogP contribution in [0.25, 0.3) is 0 Å². The van der Waals surface area contributed by atoms with Gasteiger partial charge in [0.05, 0.1) is 10.0 Å². The van der Waals surface area contributed by atoms with Crippen LogP contribution in [0.4, 0.5) is 5.95 Å². The topological polar surface area (TPSA) is 83.6 Å². The highest BCUT2D eigenvalue weighted by atomic mass is 35.5. The summed E-state index contributed by atoms with van der Waals surface area (Å²) < 4.78 is 0. The third-order valence-electron chi connectivity index (χ3n) is 3.09. The van der Waals surface area contributed by atoms with E-state index >= 15 is 0 Å². The van der Waals surface area contributed by atoms with E-state index in [0.717, 1.165) is 12.0 Å². The summed E-state index contributed by atoms with van der Waals surface area (Å²) in [6.07, 6.45) is 0.740. The second-order valence-corrected chi connectivity index (χ2v) is 5.10. The van der Waals surface area contributed by atoms with E-state index < -0.39 is 0 Å². The van der Waals surface area contributed by atoms with Crippen LogP contribution in [-0.4, -0.2) is 26.5 Å². The molecule has 2 N–H and O–H groups in total. The number of hydrogen-bond donors (Lipinski definition) is 2. The molecule has 2 aromatic rings. The number of nitrogens with zero attached hydrogens (tertiary/aromatic N) is 3. The molecular weight excluding hydrogens is 289 g/mol. The van der Waals surface area contributed by atoms with Gasteiger partial charge in [0.15, 0.2) is 0 Å². The molecule has 2 atom stereocenters. The van der Waals surface area contributed by atoms with Crippen molar-refractivity contribution in [1.29, 1.82) is 0 Å². The third kappa shape index (κ3) is 2.41. The van der Waals surface area contributed by atoms with Crippen molar-refractivity contribution in [1.82, 2.24) is 20.6 Å². The van der Waals surface area contributed by atoms with Gasteiger partial charge in [0.2, 0.25) is 5.91 Å². The predicted octanol–water partition coefficient (Wildman–Crippen LogP) is 2.25. The first-order valence-corrected chi connectivity index (χ1v) is 6.40. The first-order valence-electron chi connectivity index (χ1n) is 5.65. The molecular formula is C11H9Cl2N5O. The van der Waals surface area contributed by atoms with Crippen LogP contribution in [0.2, 0.25) is 10.0 Å². The van der Waals surface area contributed by atoms with Crippen LogP contribution >= 0.6 is 23.2 Å². The molecule has 1 heterocycles. The third-order valence-corrected chi connectivity index (χ3v) is 3.92. The second kappa shape index (κ2) is 4.79. The van der Waals surface area contributed by atoms with E-state index in [9.17, 15) is 4.79 Å². The Morgan fingerprint density at radius 2 is 2.26 bits per heavy atom. The average Bonchev–Trinajstić information content (AvgIpc) is 3.03. The molecule has 1 aliphatic rings. The molecule has 0 radical (unpaired) electrons. The van der Waals surface area contributed by atoms with Gasteiger partial charge < -0.3 is 0 Å². The van der Waals surface area contributed by atoms with Crippen LogP contribution in [0.15, 0.2) is 18.2 Å². The largest absolute Gasteiger partial charge is 0.292 e. The molecule has 1 aromatic heterocycles. The number of rotatable bonds is 3. The molecule has 6 nitrogen and oxygen atoms in total. The van der Waals surface area contributed by atoms with E-state index in [2.05, 4.69) is 25.9 Å². The quantitative estimate of drug-likeness (QED) is 0.910. The molecule has 0 unspecified atom stereocenters. The van der Waals surface area contributed by atoms with Gasteiger partial charge in [0.25, 0.3) is 5.95 Å². The van der Waals surface area contributed by atoms with Gasteiger partial charge >= 0.3 is 0 Å². The number of nitrogens with one attached hydrogen (secondary N) is 2. The Hall–Kier alpha value is -1.66. The molecule has 1 fully saturated rings. The second-order valence-electron chi connectivity index (χ2n) is 4.32. The van der Waals surface area contributed by atoms with Crippen LogP contribution < -0.4 is 5.32 Å². The van der Waals surface area contributed by atoms with Gasteiger partial charge in [0.1, 0.15) is 0 Å². The van der Waals surface area contributed by atoms with Gasteiger partial charge in [-0.3, -0.25) is 10.1 Å². The van der Waals surface area contributed by atoms with Crippen LogP contribution in [0.3, 0.4) is 0 Å². The first kappa shape index (κ1) is 12.4. The zero-order chi connectivity index (χ0) is 13.4. The molecule has 19 heavy (non-hydrogen) atoms. The van der Waals surface area contributed by atoms with Gasteiger partial charge in [-0.25, -0.2) is 0 Å². The summed E-state index contributed by atoms with van der Waals surface area (Å²) >= 11 is 12.1. The summed E-state index contributed by atoms with van der Waals surface area (Å²) in [6.45, 7) is 0. The van der Waals surface area contributed by atoms with Gasteiger partial charge in [-0.05, 0) is 29.2 Å². The Kier molecular flexibility index (Phi) is 3.12. The Morgan fingerprint density at radius 1 is 1.42 bits per heavy atom. The average molecular weight is 298 g/mol. The normalized spacial score (nSPS) is 21.2. The minimum Gasteiger partial charge on any atom is -0.292 e. The minimum atomic E-state index is -0.137. The molecule has 98 valence electrons. The predicted molar refractivity (Wildman–Crippen MR) is 70.1 cm³/mol. The van der Waals surface area contributed by atoms with Crippen molar-refractivity contribution in [2.75, 3.05) is 5.32 Å². The number of carbonyl (C=O) groups is 1. The van der Waals surface area contributed by atoms with Crippen molar-refractivity contribution in [3.05, 3.63) is 33.8 Å². The van der Waals surface area contributed by atoms with E-state index in [1.165, 1.54) is 0 Å². The number of halogens is 2. The molecule has 0 aliphatic heterocycles. The maximum Gasteiger partial charge on any atom is 0.269 e. The molecule has 0 spiro atoms. The Bertz CT molecular complexity index is 616. The van der Waals surface area contributed by atoms with Crippen LogP contribution in [0, 0.1) is 5.92 Å². The number of amides is 1. The first-order chi connectivity index (χ1) is 9.16. The molecule has 8 heteroatoms. The number of benzene rings is 1. The Balaban J connectivity index is 1.70. The number of hydrogen-bond acceptors (Lipinski definition) is 4. The number of anilines is 1. The molecule has 0 bridgehead atoms. The summed E-state index contributed by atoms with van der Waals surface area (Å²) in [6, 6.07) is 5.45. The number of aromatic nitrogens is 4. The van der Waals surface area contributed by atoms with Gasteiger partial charge in [-0.15, -0.1) is 5.10 Å². The van der Waals surface area contributed by atoms with Crippen molar-refractivity contribution < 1.29 is 4.79 Å². The highest BCUT2D eigenvalue weighted by Crippen LogP contribution is 2.50. The lowest BCUT2D eigenvalue weighted by Gasteiger charge is -2.04. The van der Waals surface area contributed by atoms with Crippen LogP contribution in [-0.2, 0) is 4.79 Å². The molecule has 0 saturated heterocycles. The fourth-order valence-corrected chi connectivity index (χ4v) is 2.50. The monoisotopic (exact) mass is 297 g/mol. The maximum absolute atomic E-state index is 11.9. The number of H-pyrrole nitrogens is 1. The summed E-state index contributed by atoms with van der Waals surface area (Å²) in [5.74, 6) is 0.00264. The van der Waals surface area contributed by atoms with E-state index in [1.54, 1.807) is 6.07 Å². The SMILES string of the molecule is O=C(Nc1nn[nH]n1)[C@H]1C[C@H]1c1cccc(Cl)c1Cl. The van der Waals surface area contributed by atoms with Gasteiger partial charge in [-0.1, -0.05) is 40.4 Å².